The number of nitrogens with two attached hydrogens (primary N) is 1. The van der Waals surface area contributed by atoms with Gasteiger partial charge in [-0.2, -0.15) is 0 Å². The van der Waals surface area contributed by atoms with E-state index in [1.54, 1.807) is 6.07 Å². The first-order valence-corrected chi connectivity index (χ1v) is 6.92. The van der Waals surface area contributed by atoms with Crippen LogP contribution in [-0.4, -0.2) is 18.0 Å². The van der Waals surface area contributed by atoms with Gasteiger partial charge in [0.2, 0.25) is 0 Å². The van der Waals surface area contributed by atoms with Crippen molar-refractivity contribution in [3.63, 3.8) is 0 Å². The van der Waals surface area contributed by atoms with Crippen molar-refractivity contribution >= 4 is 17.1 Å². The molecule has 0 unspecified atom stereocenters. The maximum atomic E-state index is 11.0. The van der Waals surface area contributed by atoms with E-state index in [4.69, 9.17) is 5.84 Å². The number of nitro groups is 1. The molecule has 0 aliphatic carbocycles. The van der Waals surface area contributed by atoms with Crippen molar-refractivity contribution in [2.45, 2.75) is 33.1 Å². The van der Waals surface area contributed by atoms with Gasteiger partial charge >= 0.3 is 0 Å². The number of nitrogens with one attached hydrogen (secondary N) is 1. The second-order valence-corrected chi connectivity index (χ2v) is 6.14. The van der Waals surface area contributed by atoms with Gasteiger partial charge in [-0.15, -0.1) is 0 Å². The molecular formula is C14H22N4O2. The Balaban J connectivity index is 2.27. The van der Waals surface area contributed by atoms with Gasteiger partial charge in [0, 0.05) is 30.9 Å². The van der Waals surface area contributed by atoms with Crippen molar-refractivity contribution < 1.29 is 4.92 Å². The van der Waals surface area contributed by atoms with E-state index < -0.39 is 0 Å². The molecule has 0 aromatic heterocycles. The normalized spacial score (nSPS) is 18.4. The van der Waals surface area contributed by atoms with Crippen LogP contribution in [0, 0.1) is 15.5 Å². The molecule has 6 nitrogen and oxygen atoms in total. The first kappa shape index (κ1) is 14.6. The minimum absolute atomic E-state index is 0.0685. The fourth-order valence-electron chi connectivity index (χ4n) is 2.65. The fourth-order valence-corrected chi connectivity index (χ4v) is 2.65. The molecule has 0 bridgehead atoms. The molecule has 1 heterocycles. The van der Waals surface area contributed by atoms with Gasteiger partial charge in [0.05, 0.1) is 10.6 Å². The Kier molecular flexibility index (Phi) is 4.13. The van der Waals surface area contributed by atoms with Crippen molar-refractivity contribution in [2.24, 2.45) is 11.3 Å². The lowest BCUT2D eigenvalue weighted by Gasteiger charge is -2.25. The van der Waals surface area contributed by atoms with Crippen LogP contribution in [0.3, 0.4) is 0 Å². The summed E-state index contributed by atoms with van der Waals surface area (Å²) in [5.74, 6) is 5.40. The van der Waals surface area contributed by atoms with Gasteiger partial charge < -0.3 is 10.3 Å². The molecule has 0 spiro atoms. The summed E-state index contributed by atoms with van der Waals surface area (Å²) in [6.07, 6.45) is 3.36. The van der Waals surface area contributed by atoms with E-state index in [0.29, 0.717) is 11.1 Å². The van der Waals surface area contributed by atoms with Crippen LogP contribution in [0.1, 0.15) is 33.1 Å². The van der Waals surface area contributed by atoms with E-state index in [2.05, 4.69) is 24.2 Å². The number of nitrogens with zero attached hydrogens (tertiary/aromatic N) is 2. The molecule has 1 aliphatic rings. The fraction of sp³-hybridized carbons (Fsp3) is 0.571. The predicted molar refractivity (Wildman–Crippen MR) is 80.8 cm³/mol. The molecule has 0 radical (unpaired) electrons. The van der Waals surface area contributed by atoms with Gasteiger partial charge in [-0.05, 0) is 30.7 Å². The number of rotatable bonds is 3. The number of non-ortho nitro benzene ring substituents is 1. The van der Waals surface area contributed by atoms with Gasteiger partial charge in [0.1, 0.15) is 0 Å². The van der Waals surface area contributed by atoms with E-state index in [1.807, 2.05) is 6.07 Å². The van der Waals surface area contributed by atoms with Crippen molar-refractivity contribution in [2.75, 3.05) is 23.4 Å². The molecule has 20 heavy (non-hydrogen) atoms. The minimum atomic E-state index is -0.383. The van der Waals surface area contributed by atoms with Crippen molar-refractivity contribution in [3.05, 3.63) is 28.3 Å². The molecule has 1 aromatic carbocycles. The first-order valence-electron chi connectivity index (χ1n) is 6.92. The summed E-state index contributed by atoms with van der Waals surface area (Å²) < 4.78 is 0. The summed E-state index contributed by atoms with van der Waals surface area (Å²) in [6, 6.07) is 4.94. The van der Waals surface area contributed by atoms with Crippen LogP contribution in [0.25, 0.3) is 0 Å². The molecule has 3 N–H and O–H groups in total. The molecule has 1 aromatic rings. The highest BCUT2D eigenvalue weighted by molar-refractivity contribution is 5.64. The van der Waals surface area contributed by atoms with Gasteiger partial charge in [-0.1, -0.05) is 13.8 Å². The number of benzene rings is 1. The van der Waals surface area contributed by atoms with Gasteiger partial charge in [0.25, 0.3) is 5.69 Å². The number of nitrogen functional groups attached to an aromatic ring is 1. The summed E-state index contributed by atoms with van der Waals surface area (Å²) in [5.41, 5.74) is 4.34. The maximum Gasteiger partial charge on any atom is 0.273 e. The average Bonchev–Trinajstić information content (AvgIpc) is 2.59. The zero-order valence-corrected chi connectivity index (χ0v) is 12.1. The quantitative estimate of drug-likeness (QED) is 0.504. The van der Waals surface area contributed by atoms with Crippen molar-refractivity contribution in [1.29, 1.82) is 0 Å². The van der Waals surface area contributed by atoms with E-state index in [0.717, 1.165) is 31.6 Å². The Morgan fingerprint density at radius 1 is 1.30 bits per heavy atom. The minimum Gasteiger partial charge on any atom is -0.371 e. The second-order valence-electron chi connectivity index (χ2n) is 6.14. The summed E-state index contributed by atoms with van der Waals surface area (Å²) >= 11 is 0. The second kappa shape index (κ2) is 5.66. The zero-order valence-electron chi connectivity index (χ0n) is 12.1. The van der Waals surface area contributed by atoms with E-state index >= 15 is 0 Å². The molecular weight excluding hydrogens is 256 g/mol. The van der Waals surface area contributed by atoms with Crippen LogP contribution in [0.15, 0.2) is 18.2 Å². The number of hydrogen-bond acceptors (Lipinski definition) is 5. The standard InChI is InChI=1S/C14H22N4O2/c1-14(2)4-3-6-17(7-5-14)12-8-11(16-15)9-13(10-12)18(19)20/h8-10,16H,3-7,15H2,1-2H3. The zero-order chi connectivity index (χ0) is 14.8. The Hall–Kier alpha value is -1.82. The van der Waals surface area contributed by atoms with Crippen LogP contribution >= 0.6 is 0 Å². The molecule has 0 atom stereocenters. The molecule has 1 saturated heterocycles. The van der Waals surface area contributed by atoms with Gasteiger partial charge in [-0.25, -0.2) is 0 Å². The molecule has 0 saturated carbocycles. The van der Waals surface area contributed by atoms with Gasteiger partial charge in [0.15, 0.2) is 0 Å². The Labute approximate surface area is 119 Å². The summed E-state index contributed by atoms with van der Waals surface area (Å²) in [5, 5.41) is 11.0. The van der Waals surface area contributed by atoms with E-state index in [-0.39, 0.29) is 10.6 Å². The van der Waals surface area contributed by atoms with Crippen LogP contribution < -0.4 is 16.2 Å². The van der Waals surface area contributed by atoms with Crippen LogP contribution in [0.5, 0.6) is 0 Å². The monoisotopic (exact) mass is 278 g/mol. The Morgan fingerprint density at radius 2 is 2.05 bits per heavy atom. The SMILES string of the molecule is CC1(C)CCCN(c2cc(NN)cc([N+](=O)[O-])c2)CC1. The highest BCUT2D eigenvalue weighted by Gasteiger charge is 2.24. The van der Waals surface area contributed by atoms with E-state index in [1.165, 1.54) is 12.5 Å². The van der Waals surface area contributed by atoms with E-state index in [9.17, 15) is 10.1 Å². The van der Waals surface area contributed by atoms with Crippen LogP contribution in [-0.2, 0) is 0 Å². The molecule has 2 rings (SSSR count). The highest BCUT2D eigenvalue weighted by atomic mass is 16.6. The molecule has 110 valence electrons. The van der Waals surface area contributed by atoms with Crippen LogP contribution in [0.2, 0.25) is 0 Å². The van der Waals surface area contributed by atoms with Gasteiger partial charge in [-0.3, -0.25) is 16.0 Å². The number of hydrogen-bond donors (Lipinski definition) is 2. The number of hydrazine groups is 1. The van der Waals surface area contributed by atoms with Crippen LogP contribution in [0.4, 0.5) is 17.1 Å². The number of nitro benzene ring substituents is 1. The largest absolute Gasteiger partial charge is 0.371 e. The third-order valence-electron chi connectivity index (χ3n) is 3.99. The highest BCUT2D eigenvalue weighted by Crippen LogP contribution is 2.33. The summed E-state index contributed by atoms with van der Waals surface area (Å²) in [6.45, 7) is 6.39. The molecule has 0 amide bonds. The average molecular weight is 278 g/mol. The molecule has 6 heteroatoms. The molecule has 1 fully saturated rings. The topological polar surface area (TPSA) is 84.4 Å². The lowest BCUT2D eigenvalue weighted by atomic mass is 9.85. The smallest absolute Gasteiger partial charge is 0.273 e. The number of anilines is 2. The third kappa shape index (κ3) is 3.39. The summed E-state index contributed by atoms with van der Waals surface area (Å²) in [7, 11) is 0. The predicted octanol–water partition coefficient (Wildman–Crippen LogP) is 2.90. The lowest BCUT2D eigenvalue weighted by Crippen LogP contribution is -2.25. The van der Waals surface area contributed by atoms with Crippen molar-refractivity contribution in [3.8, 4) is 0 Å². The lowest BCUT2D eigenvalue weighted by molar-refractivity contribution is -0.384. The molecule has 1 aliphatic heterocycles. The Bertz CT molecular complexity index is 502. The summed E-state index contributed by atoms with van der Waals surface area (Å²) in [4.78, 5) is 12.8. The maximum absolute atomic E-state index is 11.0. The first-order chi connectivity index (χ1) is 9.41. The van der Waals surface area contributed by atoms with Crippen molar-refractivity contribution in [1.82, 2.24) is 0 Å². The third-order valence-corrected chi connectivity index (χ3v) is 3.99. The Morgan fingerprint density at radius 3 is 2.70 bits per heavy atom.